The molecule has 1 aromatic carbocycles. The monoisotopic (exact) mass is 556 g/mol. The number of nitrogens with one attached hydrogen (secondary N) is 3. The molecule has 2 aromatic rings. The molecule has 13 nitrogen and oxygen atoms in total. The van der Waals surface area contributed by atoms with Gasteiger partial charge in [0.05, 0.1) is 6.04 Å². The number of aliphatic carboxylic acids is 1. The number of fused-ring (bicyclic) bond motifs is 1. The summed E-state index contributed by atoms with van der Waals surface area (Å²) >= 11 is 0. The van der Waals surface area contributed by atoms with Gasteiger partial charge in [0, 0.05) is 36.6 Å². The van der Waals surface area contributed by atoms with Gasteiger partial charge in [-0.2, -0.15) is 0 Å². The average molecular weight is 557 g/mol. The number of rotatable bonds is 13. The zero-order valence-electron chi connectivity index (χ0n) is 22.9. The van der Waals surface area contributed by atoms with Crippen molar-refractivity contribution in [3.8, 4) is 0 Å². The Morgan fingerprint density at radius 3 is 2.55 bits per heavy atom. The molecule has 0 radical (unpaired) electrons. The van der Waals surface area contributed by atoms with Gasteiger partial charge >= 0.3 is 5.97 Å². The Bertz CT molecular complexity index is 1240. The van der Waals surface area contributed by atoms with Gasteiger partial charge in [-0.15, -0.1) is 0 Å². The number of benzene rings is 1. The fourth-order valence-electron chi connectivity index (χ4n) is 4.92. The molecule has 0 spiro atoms. The first kappa shape index (κ1) is 30.4. The molecule has 1 aliphatic heterocycles. The number of nitrogens with zero attached hydrogens (tertiary/aromatic N) is 2. The van der Waals surface area contributed by atoms with Crippen molar-refractivity contribution in [2.24, 2.45) is 28.1 Å². The number of aliphatic imine (C=N–C) groups is 1. The molecule has 0 bridgehead atoms. The third-order valence-corrected chi connectivity index (χ3v) is 7.09. The number of carbonyl (C=O) groups excluding carboxylic acids is 3. The van der Waals surface area contributed by atoms with Gasteiger partial charge in [0.25, 0.3) is 0 Å². The predicted molar refractivity (Wildman–Crippen MR) is 151 cm³/mol. The lowest BCUT2D eigenvalue weighted by Crippen LogP contribution is -2.58. The van der Waals surface area contributed by atoms with E-state index < -0.39 is 47.9 Å². The van der Waals surface area contributed by atoms with Crippen molar-refractivity contribution in [3.05, 3.63) is 36.0 Å². The molecule has 13 heteroatoms. The Hall–Kier alpha value is -4.13. The maximum atomic E-state index is 13.7. The number of H-pyrrole nitrogens is 1. The summed E-state index contributed by atoms with van der Waals surface area (Å²) in [5.41, 5.74) is 18.3. The van der Waals surface area contributed by atoms with Crippen molar-refractivity contribution in [2.45, 2.75) is 70.1 Å². The van der Waals surface area contributed by atoms with Gasteiger partial charge in [-0.3, -0.25) is 19.4 Å². The van der Waals surface area contributed by atoms with Gasteiger partial charge in [-0.1, -0.05) is 32.0 Å². The number of carboxylic acid groups (broad SMARTS) is 1. The molecule has 1 aliphatic rings. The van der Waals surface area contributed by atoms with E-state index in [4.69, 9.17) is 17.2 Å². The van der Waals surface area contributed by atoms with Crippen LogP contribution in [0, 0.1) is 5.92 Å². The molecule has 4 atom stereocenters. The average Bonchev–Trinajstić information content (AvgIpc) is 3.56. The molecule has 0 aliphatic carbocycles. The number of hydrogen-bond acceptors (Lipinski definition) is 6. The van der Waals surface area contributed by atoms with E-state index in [9.17, 15) is 24.3 Å². The Morgan fingerprint density at radius 1 is 1.15 bits per heavy atom. The number of aromatic nitrogens is 1. The molecular weight excluding hydrogens is 516 g/mol. The number of carbonyl (C=O) groups is 4. The highest BCUT2D eigenvalue weighted by molar-refractivity contribution is 5.95. The molecule has 1 fully saturated rings. The van der Waals surface area contributed by atoms with Crippen LogP contribution in [0.4, 0.5) is 0 Å². The highest BCUT2D eigenvalue weighted by Gasteiger charge is 2.39. The van der Waals surface area contributed by atoms with E-state index in [1.165, 1.54) is 4.90 Å². The molecule has 2 heterocycles. The Labute approximate surface area is 232 Å². The molecule has 3 amide bonds. The molecular formula is C27H40N8O5. The molecule has 218 valence electrons. The van der Waals surface area contributed by atoms with Crippen LogP contribution < -0.4 is 27.8 Å². The molecule has 1 aromatic heterocycles. The number of likely N-dealkylation sites (tertiary alicyclic amines) is 1. The van der Waals surface area contributed by atoms with Gasteiger partial charge < -0.3 is 42.8 Å². The fraction of sp³-hybridized carbons (Fsp3) is 0.519. The summed E-state index contributed by atoms with van der Waals surface area (Å²) < 4.78 is 0. The summed E-state index contributed by atoms with van der Waals surface area (Å²) in [5, 5.41) is 16.1. The van der Waals surface area contributed by atoms with Crippen LogP contribution in [0.25, 0.3) is 10.9 Å². The number of carboxylic acids is 1. The minimum absolute atomic E-state index is 0.0464. The number of aromatic amines is 1. The summed E-state index contributed by atoms with van der Waals surface area (Å²) in [6.07, 6.45) is 3.61. The molecule has 1 saturated heterocycles. The SMILES string of the molecule is CC(C)C(NC(=O)C(N)CCCN=C(N)N)C(=O)NC(Cc1c[nH]c2ccccc12)C(=O)N1CCCC1C(=O)O. The maximum Gasteiger partial charge on any atom is 0.326 e. The van der Waals surface area contributed by atoms with Gasteiger partial charge in [0.15, 0.2) is 5.96 Å². The van der Waals surface area contributed by atoms with Crippen LogP contribution in [0.15, 0.2) is 35.5 Å². The first-order valence-electron chi connectivity index (χ1n) is 13.5. The van der Waals surface area contributed by atoms with Gasteiger partial charge in [-0.05, 0) is 43.2 Å². The van der Waals surface area contributed by atoms with Crippen LogP contribution >= 0.6 is 0 Å². The fourth-order valence-corrected chi connectivity index (χ4v) is 4.92. The molecule has 4 unspecified atom stereocenters. The Balaban J connectivity index is 1.78. The van der Waals surface area contributed by atoms with E-state index in [-0.39, 0.29) is 24.8 Å². The Kier molecular flexibility index (Phi) is 10.5. The highest BCUT2D eigenvalue weighted by atomic mass is 16.4. The smallest absolute Gasteiger partial charge is 0.326 e. The van der Waals surface area contributed by atoms with Crippen molar-refractivity contribution in [2.75, 3.05) is 13.1 Å². The van der Waals surface area contributed by atoms with Crippen LogP contribution in [0.2, 0.25) is 0 Å². The third-order valence-electron chi connectivity index (χ3n) is 7.09. The number of nitrogens with two attached hydrogens (primary N) is 3. The number of amides is 3. The van der Waals surface area contributed by atoms with Crippen LogP contribution in [-0.2, 0) is 25.6 Å². The normalized spacial score (nSPS) is 17.3. The number of para-hydroxylation sites is 1. The molecule has 3 rings (SSSR count). The summed E-state index contributed by atoms with van der Waals surface area (Å²) in [7, 11) is 0. The Morgan fingerprint density at radius 2 is 1.88 bits per heavy atom. The number of guanidine groups is 1. The first-order chi connectivity index (χ1) is 19.0. The van der Waals surface area contributed by atoms with E-state index in [2.05, 4.69) is 20.6 Å². The second-order valence-corrected chi connectivity index (χ2v) is 10.4. The lowest BCUT2D eigenvalue weighted by molar-refractivity contribution is -0.149. The topological polar surface area (TPSA) is 222 Å². The first-order valence-corrected chi connectivity index (χ1v) is 13.5. The summed E-state index contributed by atoms with van der Waals surface area (Å²) in [6, 6.07) is 3.73. The summed E-state index contributed by atoms with van der Waals surface area (Å²) in [5.74, 6) is -2.99. The van der Waals surface area contributed by atoms with Crippen molar-refractivity contribution >= 4 is 40.6 Å². The van der Waals surface area contributed by atoms with Crippen molar-refractivity contribution in [1.29, 1.82) is 0 Å². The van der Waals surface area contributed by atoms with Crippen LogP contribution in [0.5, 0.6) is 0 Å². The molecule has 40 heavy (non-hydrogen) atoms. The maximum absolute atomic E-state index is 13.7. The summed E-state index contributed by atoms with van der Waals surface area (Å²) in [6.45, 7) is 4.15. The van der Waals surface area contributed by atoms with Gasteiger partial charge in [0.2, 0.25) is 17.7 Å². The molecule has 0 saturated carbocycles. The zero-order chi connectivity index (χ0) is 29.4. The zero-order valence-corrected chi connectivity index (χ0v) is 22.9. The summed E-state index contributed by atoms with van der Waals surface area (Å²) in [4.78, 5) is 60.1. The lowest BCUT2D eigenvalue weighted by Gasteiger charge is -2.30. The van der Waals surface area contributed by atoms with Gasteiger partial charge in [0.1, 0.15) is 18.1 Å². The second-order valence-electron chi connectivity index (χ2n) is 10.4. The van der Waals surface area contributed by atoms with Gasteiger partial charge in [-0.25, -0.2) is 4.79 Å². The van der Waals surface area contributed by atoms with Crippen LogP contribution in [0.1, 0.15) is 45.1 Å². The van der Waals surface area contributed by atoms with Crippen LogP contribution in [-0.4, -0.2) is 81.9 Å². The van der Waals surface area contributed by atoms with E-state index in [1.54, 1.807) is 20.0 Å². The van der Waals surface area contributed by atoms with E-state index >= 15 is 0 Å². The minimum atomic E-state index is -1.08. The highest BCUT2D eigenvalue weighted by Crippen LogP contribution is 2.23. The molecule has 10 N–H and O–H groups in total. The van der Waals surface area contributed by atoms with E-state index in [0.717, 1.165) is 16.5 Å². The lowest BCUT2D eigenvalue weighted by atomic mass is 9.99. The van der Waals surface area contributed by atoms with Crippen molar-refractivity contribution in [1.82, 2.24) is 20.5 Å². The quantitative estimate of drug-likeness (QED) is 0.0991. The largest absolute Gasteiger partial charge is 0.480 e. The standard InChI is InChI=1S/C27H40N8O5/c1-15(2)22(34-23(36)18(28)8-5-11-31-27(29)30)24(37)33-20(25(38)35-12-6-10-21(35)26(39)40)13-16-14-32-19-9-4-3-7-17(16)19/h3-4,7,9,14-15,18,20-22,32H,5-6,8,10-13,28H2,1-2H3,(H,33,37)(H,34,36)(H,39,40)(H4,29,30,31). The van der Waals surface area contributed by atoms with E-state index in [0.29, 0.717) is 32.2 Å². The predicted octanol–water partition coefficient (Wildman–Crippen LogP) is -0.207. The van der Waals surface area contributed by atoms with E-state index in [1.807, 2.05) is 24.3 Å². The van der Waals surface area contributed by atoms with Crippen LogP contribution in [0.3, 0.4) is 0 Å². The number of hydrogen-bond donors (Lipinski definition) is 7. The third kappa shape index (κ3) is 7.72. The minimum Gasteiger partial charge on any atom is -0.480 e. The van der Waals surface area contributed by atoms with Crippen molar-refractivity contribution in [3.63, 3.8) is 0 Å². The van der Waals surface area contributed by atoms with Crippen molar-refractivity contribution < 1.29 is 24.3 Å². The second kappa shape index (κ2) is 13.8.